The SMILES string of the molecule is COc1ccc(/C=C/C(=O)c2cc(OC)c(OC)c(OC)c2)cc1OC(=O)c1cccc(Cn2cc(CCOC(=O)[C@H](N)Cc3cn(C)c4ccccc34)nn2)c1. The Hall–Kier alpha value is -6.93. The zero-order valence-corrected chi connectivity index (χ0v) is 32.3. The van der Waals surface area contributed by atoms with Crippen LogP contribution in [0.15, 0.2) is 97.3 Å². The Bertz CT molecular complexity index is 2410. The summed E-state index contributed by atoms with van der Waals surface area (Å²) < 4.78 is 36.4. The van der Waals surface area contributed by atoms with Crippen molar-refractivity contribution in [2.75, 3.05) is 35.0 Å². The second-order valence-corrected chi connectivity index (χ2v) is 13.0. The van der Waals surface area contributed by atoms with Gasteiger partial charge in [0.25, 0.3) is 0 Å². The number of nitrogens with two attached hydrogens (primary N) is 1. The molecule has 0 saturated heterocycles. The number of benzene rings is 4. The van der Waals surface area contributed by atoms with Gasteiger partial charge < -0.3 is 38.7 Å². The number of allylic oxidation sites excluding steroid dienone is 1. The molecule has 14 heteroatoms. The molecule has 0 saturated carbocycles. The van der Waals surface area contributed by atoms with Gasteiger partial charge in [0, 0.05) is 48.7 Å². The van der Waals surface area contributed by atoms with Gasteiger partial charge in [0.15, 0.2) is 28.8 Å². The third-order valence-electron chi connectivity index (χ3n) is 9.18. The Balaban J connectivity index is 1.03. The second kappa shape index (κ2) is 18.1. The molecule has 2 heterocycles. The van der Waals surface area contributed by atoms with Crippen LogP contribution in [0.5, 0.6) is 28.7 Å². The molecule has 294 valence electrons. The first-order valence-corrected chi connectivity index (χ1v) is 18.0. The number of hydrogen-bond acceptors (Lipinski definition) is 12. The highest BCUT2D eigenvalue weighted by Gasteiger charge is 2.20. The molecule has 1 atom stereocenters. The molecule has 6 rings (SSSR count). The van der Waals surface area contributed by atoms with E-state index in [1.54, 1.807) is 65.5 Å². The number of methoxy groups -OCH3 is 4. The number of fused-ring (bicyclic) bond motifs is 1. The molecule has 4 aromatic carbocycles. The van der Waals surface area contributed by atoms with Crippen LogP contribution in [-0.4, -0.2) is 78.4 Å². The Labute approximate surface area is 329 Å². The molecule has 0 amide bonds. The van der Waals surface area contributed by atoms with Gasteiger partial charge in [0.05, 0.1) is 52.8 Å². The van der Waals surface area contributed by atoms with Crippen molar-refractivity contribution in [1.82, 2.24) is 19.6 Å². The highest BCUT2D eigenvalue weighted by Crippen LogP contribution is 2.38. The van der Waals surface area contributed by atoms with Crippen LogP contribution in [0.25, 0.3) is 17.0 Å². The average Bonchev–Trinajstić information content (AvgIpc) is 3.81. The van der Waals surface area contributed by atoms with Crippen molar-refractivity contribution >= 4 is 34.7 Å². The van der Waals surface area contributed by atoms with Crippen LogP contribution in [-0.2, 0) is 36.0 Å². The molecule has 0 fully saturated rings. The maximum absolute atomic E-state index is 13.3. The average molecular weight is 774 g/mol. The Kier molecular flexibility index (Phi) is 12.6. The molecule has 57 heavy (non-hydrogen) atoms. The van der Waals surface area contributed by atoms with Crippen molar-refractivity contribution in [2.45, 2.75) is 25.4 Å². The van der Waals surface area contributed by atoms with Crippen molar-refractivity contribution in [1.29, 1.82) is 0 Å². The van der Waals surface area contributed by atoms with Crippen LogP contribution in [0.2, 0.25) is 0 Å². The molecule has 14 nitrogen and oxygen atoms in total. The van der Waals surface area contributed by atoms with Gasteiger partial charge in [-0.1, -0.05) is 47.7 Å². The summed E-state index contributed by atoms with van der Waals surface area (Å²) in [6, 6.07) is 22.2. The third kappa shape index (κ3) is 9.48. The molecule has 2 aromatic heterocycles. The Morgan fingerprint density at radius 1 is 0.807 bits per heavy atom. The van der Waals surface area contributed by atoms with Crippen LogP contribution in [0, 0.1) is 0 Å². The van der Waals surface area contributed by atoms with Crippen molar-refractivity contribution < 1.29 is 42.8 Å². The van der Waals surface area contributed by atoms with E-state index in [1.165, 1.54) is 34.5 Å². The van der Waals surface area contributed by atoms with Crippen molar-refractivity contribution in [3.8, 4) is 28.7 Å². The van der Waals surface area contributed by atoms with E-state index < -0.39 is 18.0 Å². The number of nitrogens with zero attached hydrogens (tertiary/aromatic N) is 4. The summed E-state index contributed by atoms with van der Waals surface area (Å²) in [5, 5.41) is 9.46. The summed E-state index contributed by atoms with van der Waals surface area (Å²) in [4.78, 5) is 39.1. The summed E-state index contributed by atoms with van der Waals surface area (Å²) >= 11 is 0. The lowest BCUT2D eigenvalue weighted by atomic mass is 10.1. The number of carbonyl (C=O) groups is 3. The zero-order valence-electron chi connectivity index (χ0n) is 32.3. The number of para-hydroxylation sites is 1. The molecular formula is C43H43N5O9. The number of ether oxygens (including phenoxy) is 6. The fourth-order valence-electron chi connectivity index (χ4n) is 6.31. The molecule has 0 aliphatic carbocycles. The summed E-state index contributed by atoms with van der Waals surface area (Å²) in [5.74, 6) is 0.193. The molecule has 2 N–H and O–H groups in total. The lowest BCUT2D eigenvalue weighted by Gasteiger charge is -2.13. The summed E-state index contributed by atoms with van der Waals surface area (Å²) in [6.45, 7) is 0.430. The fourth-order valence-corrected chi connectivity index (χ4v) is 6.31. The highest BCUT2D eigenvalue weighted by atomic mass is 16.6. The van der Waals surface area contributed by atoms with Crippen LogP contribution < -0.4 is 29.4 Å². The number of hydrogen-bond donors (Lipinski definition) is 1. The smallest absolute Gasteiger partial charge is 0.343 e. The first kappa shape index (κ1) is 39.8. The normalized spacial score (nSPS) is 11.7. The van der Waals surface area contributed by atoms with Crippen molar-refractivity contribution in [3.05, 3.63) is 131 Å². The van der Waals surface area contributed by atoms with E-state index in [2.05, 4.69) is 10.3 Å². The van der Waals surface area contributed by atoms with Crippen LogP contribution >= 0.6 is 0 Å². The molecule has 0 bridgehead atoms. The van der Waals surface area contributed by atoms with Crippen molar-refractivity contribution in [2.24, 2.45) is 12.8 Å². The van der Waals surface area contributed by atoms with Crippen LogP contribution in [0.3, 0.4) is 0 Å². The minimum atomic E-state index is -0.801. The van der Waals surface area contributed by atoms with E-state index in [1.807, 2.05) is 48.1 Å². The number of aromatic nitrogens is 4. The lowest BCUT2D eigenvalue weighted by molar-refractivity contribution is -0.145. The molecule has 0 spiro atoms. The van der Waals surface area contributed by atoms with Gasteiger partial charge in [0.2, 0.25) is 5.75 Å². The maximum atomic E-state index is 13.3. The first-order chi connectivity index (χ1) is 27.6. The van der Waals surface area contributed by atoms with Gasteiger partial charge in [-0.05, 0) is 65.2 Å². The summed E-state index contributed by atoms with van der Waals surface area (Å²) in [6.07, 6.45) is 7.45. The molecule has 0 aliphatic heterocycles. The topological polar surface area (TPSA) is 168 Å². The zero-order chi connectivity index (χ0) is 40.5. The van der Waals surface area contributed by atoms with Gasteiger partial charge in [-0.25, -0.2) is 9.48 Å². The number of carbonyl (C=O) groups excluding carboxylic acids is 3. The molecule has 0 aliphatic rings. The predicted molar refractivity (Wildman–Crippen MR) is 212 cm³/mol. The number of rotatable bonds is 17. The van der Waals surface area contributed by atoms with Gasteiger partial charge >= 0.3 is 11.9 Å². The van der Waals surface area contributed by atoms with E-state index in [0.717, 1.165) is 22.0 Å². The van der Waals surface area contributed by atoms with E-state index in [-0.39, 0.29) is 18.1 Å². The highest BCUT2D eigenvalue weighted by molar-refractivity contribution is 6.07. The van der Waals surface area contributed by atoms with Gasteiger partial charge in [-0.3, -0.25) is 9.59 Å². The minimum Gasteiger partial charge on any atom is -0.493 e. The lowest BCUT2D eigenvalue weighted by Crippen LogP contribution is -2.34. The Morgan fingerprint density at radius 3 is 2.30 bits per heavy atom. The van der Waals surface area contributed by atoms with Crippen LogP contribution in [0.4, 0.5) is 0 Å². The van der Waals surface area contributed by atoms with E-state index in [9.17, 15) is 14.4 Å². The van der Waals surface area contributed by atoms with E-state index >= 15 is 0 Å². The van der Waals surface area contributed by atoms with Crippen LogP contribution in [0.1, 0.15) is 43.1 Å². The van der Waals surface area contributed by atoms with Gasteiger partial charge in [0.1, 0.15) is 6.04 Å². The largest absolute Gasteiger partial charge is 0.493 e. The molecule has 0 radical (unpaired) electrons. The quantitative estimate of drug-likeness (QED) is 0.0526. The first-order valence-electron chi connectivity index (χ1n) is 18.0. The predicted octanol–water partition coefficient (Wildman–Crippen LogP) is 5.62. The third-order valence-corrected chi connectivity index (χ3v) is 9.18. The molecular weight excluding hydrogens is 730 g/mol. The standard InChI is InChI=1S/C43H43N5O9/c1-47-25-31(33-11-6-7-12-35(33)47)21-34(44)43(51)56-18-17-32-26-48(46-45-32)24-28-9-8-10-29(19-28)42(50)57-38-20-27(14-16-37(38)52-2)13-15-36(49)30-22-39(53-3)41(55-5)40(23-30)54-4/h6-16,19-20,22-23,25-26,34H,17-18,21,24,44H2,1-5H3/b15-13+/t34-/m1/s1. The fraction of sp³-hybridized carbons (Fsp3) is 0.233. The number of esters is 2. The summed E-state index contributed by atoms with van der Waals surface area (Å²) in [5.41, 5.74) is 10.9. The monoisotopic (exact) mass is 773 g/mol. The number of aryl methyl sites for hydroxylation is 1. The second-order valence-electron chi connectivity index (χ2n) is 13.0. The number of ketones is 1. The maximum Gasteiger partial charge on any atom is 0.343 e. The van der Waals surface area contributed by atoms with E-state index in [4.69, 9.17) is 34.2 Å². The van der Waals surface area contributed by atoms with Crippen molar-refractivity contribution in [3.63, 3.8) is 0 Å². The minimum absolute atomic E-state index is 0.103. The van der Waals surface area contributed by atoms with Gasteiger partial charge in [-0.15, -0.1) is 5.10 Å². The van der Waals surface area contributed by atoms with E-state index in [0.29, 0.717) is 64.8 Å². The Morgan fingerprint density at radius 2 is 1.56 bits per heavy atom. The molecule has 0 unspecified atom stereocenters. The van der Waals surface area contributed by atoms with Gasteiger partial charge in [-0.2, -0.15) is 0 Å². The summed E-state index contributed by atoms with van der Waals surface area (Å²) in [7, 11) is 7.86. The molecule has 6 aromatic rings.